The van der Waals surface area contributed by atoms with Gasteiger partial charge in [-0.1, -0.05) is 24.3 Å². The maximum Gasteiger partial charge on any atom is 0.239 e. The van der Waals surface area contributed by atoms with Crippen molar-refractivity contribution < 1.29 is 13.2 Å². The van der Waals surface area contributed by atoms with Gasteiger partial charge in [-0.3, -0.25) is 9.69 Å². The smallest absolute Gasteiger partial charge is 0.239 e. The Bertz CT molecular complexity index is 1120. The zero-order valence-corrected chi connectivity index (χ0v) is 18.7. The number of benzene rings is 2. The molecule has 2 aromatic rings. The van der Waals surface area contributed by atoms with Crippen LogP contribution in [-0.2, 0) is 20.2 Å². The van der Waals surface area contributed by atoms with Crippen LogP contribution in [0.2, 0.25) is 0 Å². The molecule has 7 nitrogen and oxygen atoms in total. The number of guanidine groups is 1. The highest BCUT2D eigenvalue weighted by molar-refractivity contribution is 7.92. The van der Waals surface area contributed by atoms with Crippen LogP contribution in [0.25, 0.3) is 0 Å². The number of amides is 1. The number of carbonyl (C=O) groups is 1. The number of sulfone groups is 1. The van der Waals surface area contributed by atoms with Gasteiger partial charge in [0, 0.05) is 12.7 Å². The molecule has 2 atom stereocenters. The van der Waals surface area contributed by atoms with Gasteiger partial charge >= 0.3 is 0 Å². The number of nitrogen functional groups attached to an aromatic ring is 1. The van der Waals surface area contributed by atoms with E-state index in [1.165, 1.54) is 4.90 Å². The van der Waals surface area contributed by atoms with Crippen LogP contribution in [0.1, 0.15) is 44.7 Å². The number of rotatable bonds is 3. The summed E-state index contributed by atoms with van der Waals surface area (Å²) in [7, 11) is -1.93. The van der Waals surface area contributed by atoms with Crippen molar-refractivity contribution in [2.75, 3.05) is 12.8 Å². The molecule has 3 rings (SSSR count). The van der Waals surface area contributed by atoms with Gasteiger partial charge in [-0.15, -0.1) is 0 Å². The molecule has 0 fully saturated rings. The van der Waals surface area contributed by atoms with E-state index in [1.807, 2.05) is 13.0 Å². The molecule has 1 amide bonds. The van der Waals surface area contributed by atoms with Gasteiger partial charge in [0.25, 0.3) is 0 Å². The first kappa shape index (κ1) is 21.8. The molecule has 1 aliphatic rings. The van der Waals surface area contributed by atoms with Crippen molar-refractivity contribution in [3.8, 4) is 0 Å². The summed E-state index contributed by atoms with van der Waals surface area (Å²) in [5.74, 6) is -0.796. The van der Waals surface area contributed by atoms with Crippen LogP contribution < -0.4 is 11.5 Å². The van der Waals surface area contributed by atoms with Crippen molar-refractivity contribution in [1.82, 2.24) is 4.90 Å². The number of carbonyl (C=O) groups excluding carboxylic acids is 1. The van der Waals surface area contributed by atoms with Crippen molar-refractivity contribution >= 4 is 27.4 Å². The first-order chi connectivity index (χ1) is 13.8. The third kappa shape index (κ3) is 3.45. The minimum absolute atomic E-state index is 0.119. The van der Waals surface area contributed by atoms with E-state index < -0.39 is 26.0 Å². The Balaban J connectivity index is 2.16. The predicted molar refractivity (Wildman–Crippen MR) is 119 cm³/mol. The van der Waals surface area contributed by atoms with Crippen LogP contribution in [0.5, 0.6) is 0 Å². The van der Waals surface area contributed by atoms with Gasteiger partial charge in [-0.25, -0.2) is 13.4 Å². The SMILES string of the molecule is CN1C(=O)[C@H](c2ccc(S(=O)(=O)C(C)(C)C)cc2)[C@@](C)(c2cccc(N)c2)N=C1N. The normalized spacial score (nSPS) is 22.7. The molecule has 0 saturated carbocycles. The Labute approximate surface area is 177 Å². The molecular weight excluding hydrogens is 400 g/mol. The van der Waals surface area contributed by atoms with Crippen LogP contribution >= 0.6 is 0 Å². The third-order valence-corrected chi connectivity index (χ3v) is 8.14. The molecule has 0 unspecified atom stereocenters. The zero-order valence-electron chi connectivity index (χ0n) is 17.9. The van der Waals surface area contributed by atoms with Gasteiger partial charge in [-0.05, 0) is 63.1 Å². The summed E-state index contributed by atoms with van der Waals surface area (Å²) in [6.45, 7) is 6.81. The van der Waals surface area contributed by atoms with Gasteiger partial charge < -0.3 is 11.5 Å². The lowest BCUT2D eigenvalue weighted by molar-refractivity contribution is -0.130. The molecule has 30 heavy (non-hydrogen) atoms. The highest BCUT2D eigenvalue weighted by Gasteiger charge is 2.47. The maximum atomic E-state index is 13.3. The molecule has 0 aromatic heterocycles. The van der Waals surface area contributed by atoms with E-state index in [2.05, 4.69) is 4.99 Å². The average Bonchev–Trinajstić information content (AvgIpc) is 2.66. The number of nitrogens with two attached hydrogens (primary N) is 2. The summed E-state index contributed by atoms with van der Waals surface area (Å²) in [6, 6.07) is 13.7. The van der Waals surface area contributed by atoms with E-state index in [0.29, 0.717) is 11.3 Å². The van der Waals surface area contributed by atoms with Gasteiger partial charge in [0.05, 0.1) is 15.6 Å². The summed E-state index contributed by atoms with van der Waals surface area (Å²) >= 11 is 0. The summed E-state index contributed by atoms with van der Waals surface area (Å²) in [5, 5.41) is 0. The van der Waals surface area contributed by atoms with Crippen molar-refractivity contribution in [3.63, 3.8) is 0 Å². The summed E-state index contributed by atoms with van der Waals surface area (Å²) < 4.78 is 24.6. The summed E-state index contributed by atoms with van der Waals surface area (Å²) in [6.07, 6.45) is 0. The maximum absolute atomic E-state index is 13.3. The van der Waals surface area contributed by atoms with Gasteiger partial charge in [0.2, 0.25) is 5.91 Å². The molecule has 0 radical (unpaired) electrons. The zero-order chi connectivity index (χ0) is 22.5. The topological polar surface area (TPSA) is 119 Å². The standard InChI is InChI=1S/C22H28N4O3S/c1-21(2,3)30(28,29)17-11-9-14(10-12-17)18-19(27)26(5)20(24)25-22(18,4)15-7-6-8-16(23)13-15/h6-13,18H,23H2,1-5H3,(H2,24,25)/t18-,22+/m0/s1. The van der Waals surface area contributed by atoms with Crippen LogP contribution in [-0.4, -0.2) is 37.0 Å². The van der Waals surface area contributed by atoms with Crippen molar-refractivity contribution in [2.24, 2.45) is 10.7 Å². The van der Waals surface area contributed by atoms with Gasteiger partial charge in [0.15, 0.2) is 15.8 Å². The molecule has 160 valence electrons. The van der Waals surface area contributed by atoms with Crippen LogP contribution in [0.3, 0.4) is 0 Å². The molecule has 1 aliphatic heterocycles. The van der Waals surface area contributed by atoms with Gasteiger partial charge in [0.1, 0.15) is 5.54 Å². The Morgan fingerprint density at radius 2 is 1.67 bits per heavy atom. The lowest BCUT2D eigenvalue weighted by Crippen LogP contribution is -2.52. The summed E-state index contributed by atoms with van der Waals surface area (Å²) in [5.41, 5.74) is 13.0. The molecule has 0 aliphatic carbocycles. The summed E-state index contributed by atoms with van der Waals surface area (Å²) in [4.78, 5) is 19.4. The van der Waals surface area contributed by atoms with Crippen molar-refractivity contribution in [3.05, 3.63) is 59.7 Å². The fraction of sp³-hybridized carbons (Fsp3) is 0.364. The van der Waals surface area contributed by atoms with E-state index in [9.17, 15) is 13.2 Å². The highest BCUT2D eigenvalue weighted by atomic mass is 32.2. The van der Waals surface area contributed by atoms with E-state index >= 15 is 0 Å². The lowest BCUT2D eigenvalue weighted by Gasteiger charge is -2.41. The fourth-order valence-corrected chi connectivity index (χ4v) is 4.87. The van der Waals surface area contributed by atoms with Crippen LogP contribution in [0.15, 0.2) is 58.4 Å². The molecule has 0 saturated heterocycles. The predicted octanol–water partition coefficient (Wildman–Crippen LogP) is 2.63. The second kappa shape index (κ2) is 7.12. The number of likely N-dealkylation sites (N-methyl/N-ethyl adjacent to an activating group) is 1. The van der Waals surface area contributed by atoms with Crippen molar-refractivity contribution in [2.45, 2.75) is 48.8 Å². The quantitative estimate of drug-likeness (QED) is 0.729. The number of nitrogens with zero attached hydrogens (tertiary/aromatic N) is 2. The Morgan fingerprint density at radius 1 is 1.07 bits per heavy atom. The monoisotopic (exact) mass is 428 g/mol. The van der Waals surface area contributed by atoms with E-state index in [4.69, 9.17) is 11.5 Å². The largest absolute Gasteiger partial charge is 0.399 e. The lowest BCUT2D eigenvalue weighted by atomic mass is 9.74. The second-order valence-electron chi connectivity index (χ2n) is 8.76. The van der Waals surface area contributed by atoms with E-state index in [1.54, 1.807) is 70.3 Å². The Hall–Kier alpha value is -2.87. The Morgan fingerprint density at radius 3 is 2.20 bits per heavy atom. The van der Waals surface area contributed by atoms with E-state index in [0.717, 1.165) is 5.56 Å². The van der Waals surface area contributed by atoms with Crippen LogP contribution in [0.4, 0.5) is 5.69 Å². The average molecular weight is 429 g/mol. The molecule has 4 N–H and O–H groups in total. The molecule has 8 heteroatoms. The van der Waals surface area contributed by atoms with Crippen molar-refractivity contribution in [1.29, 1.82) is 0 Å². The molecule has 1 heterocycles. The first-order valence-corrected chi connectivity index (χ1v) is 11.1. The number of aliphatic imine (C=N–C) groups is 1. The van der Waals surface area contributed by atoms with E-state index in [-0.39, 0.29) is 16.8 Å². The molecular formula is C22H28N4O3S. The van der Waals surface area contributed by atoms with Gasteiger partial charge in [-0.2, -0.15) is 0 Å². The Kier molecular flexibility index (Phi) is 5.18. The minimum atomic E-state index is -3.50. The molecule has 2 aromatic carbocycles. The second-order valence-corrected chi connectivity index (χ2v) is 11.5. The number of hydrogen-bond acceptors (Lipinski definition) is 6. The van der Waals surface area contributed by atoms with Crippen LogP contribution in [0, 0.1) is 0 Å². The molecule has 0 bridgehead atoms. The third-order valence-electron chi connectivity index (χ3n) is 5.63. The minimum Gasteiger partial charge on any atom is -0.399 e. The fourth-order valence-electron chi connectivity index (χ4n) is 3.67. The highest BCUT2D eigenvalue weighted by Crippen LogP contribution is 2.44. The molecule has 0 spiro atoms. The number of anilines is 1. The first-order valence-electron chi connectivity index (χ1n) is 9.62. The number of hydrogen-bond donors (Lipinski definition) is 2.